The number of hydrogen-bond acceptors (Lipinski definition) is 4. The van der Waals surface area contributed by atoms with Gasteiger partial charge in [0.15, 0.2) is 0 Å². The second kappa shape index (κ2) is 5.97. The molecule has 0 saturated carbocycles. The molecule has 2 rings (SSSR count). The molecule has 0 atom stereocenters. The van der Waals surface area contributed by atoms with E-state index in [2.05, 4.69) is 10.1 Å². The zero-order valence-electron chi connectivity index (χ0n) is 12.1. The smallest absolute Gasteiger partial charge is 0.212 e. The normalized spacial score (nSPS) is 12.5. The number of carbonyl (C=O) groups excluding carboxylic acids is 1. The molecule has 0 bridgehead atoms. The fourth-order valence-corrected chi connectivity index (χ4v) is 1.71. The average molecular weight is 289 g/mol. The summed E-state index contributed by atoms with van der Waals surface area (Å²) >= 11 is 0. The summed E-state index contributed by atoms with van der Waals surface area (Å²) in [7, 11) is 1.44. The maximum atomic E-state index is 13.8. The van der Waals surface area contributed by atoms with Gasteiger partial charge in [0.25, 0.3) is 0 Å². The van der Waals surface area contributed by atoms with Crippen LogP contribution in [0, 0.1) is 5.82 Å². The van der Waals surface area contributed by atoms with Gasteiger partial charge in [-0.3, -0.25) is 4.79 Å². The molecule has 0 radical (unpaired) electrons. The summed E-state index contributed by atoms with van der Waals surface area (Å²) in [6, 6.07) is 6.19. The molecule has 2 aromatic rings. The van der Waals surface area contributed by atoms with E-state index in [0.717, 1.165) is 0 Å². The van der Waals surface area contributed by atoms with Gasteiger partial charge < -0.3 is 4.74 Å². The SMILES string of the molecule is COC(C)(C)C(=O)C(=Cc1ccccc1F)n1cncn1. The van der Waals surface area contributed by atoms with Crippen LogP contribution in [-0.2, 0) is 9.53 Å². The van der Waals surface area contributed by atoms with Gasteiger partial charge in [-0.05, 0) is 26.0 Å². The molecule has 110 valence electrons. The molecule has 0 N–H and O–H groups in total. The number of benzene rings is 1. The zero-order chi connectivity index (χ0) is 15.5. The quantitative estimate of drug-likeness (QED) is 0.793. The molecule has 1 aromatic carbocycles. The number of methoxy groups -OCH3 is 1. The molecular weight excluding hydrogens is 273 g/mol. The number of halogens is 1. The first-order valence-electron chi connectivity index (χ1n) is 6.37. The Morgan fingerprint density at radius 2 is 2.10 bits per heavy atom. The van der Waals surface area contributed by atoms with E-state index in [1.54, 1.807) is 32.0 Å². The van der Waals surface area contributed by atoms with Crippen LogP contribution in [0.5, 0.6) is 0 Å². The molecule has 0 spiro atoms. The minimum atomic E-state index is -1.05. The number of ketones is 1. The van der Waals surface area contributed by atoms with E-state index >= 15 is 0 Å². The molecule has 0 aliphatic carbocycles. The van der Waals surface area contributed by atoms with E-state index in [0.29, 0.717) is 5.56 Å². The van der Waals surface area contributed by atoms with Crippen molar-refractivity contribution in [3.63, 3.8) is 0 Å². The molecular formula is C15H16FN3O2. The molecule has 1 heterocycles. The fraction of sp³-hybridized carbons (Fsp3) is 0.267. The lowest BCUT2D eigenvalue weighted by Gasteiger charge is -2.22. The summed E-state index contributed by atoms with van der Waals surface area (Å²) in [5.74, 6) is -0.739. The average Bonchev–Trinajstić information content (AvgIpc) is 2.99. The summed E-state index contributed by atoms with van der Waals surface area (Å²) in [5, 5.41) is 3.95. The highest BCUT2D eigenvalue weighted by atomic mass is 19.1. The second-order valence-electron chi connectivity index (χ2n) is 4.93. The third-order valence-electron chi connectivity index (χ3n) is 3.15. The summed E-state index contributed by atoms with van der Waals surface area (Å²) in [6.07, 6.45) is 4.13. The van der Waals surface area contributed by atoms with Crippen molar-refractivity contribution < 1.29 is 13.9 Å². The Morgan fingerprint density at radius 1 is 1.38 bits per heavy atom. The predicted octanol–water partition coefficient (Wildman–Crippen LogP) is 2.41. The van der Waals surface area contributed by atoms with Crippen LogP contribution in [0.1, 0.15) is 19.4 Å². The molecule has 6 heteroatoms. The van der Waals surface area contributed by atoms with E-state index in [9.17, 15) is 9.18 Å². The highest BCUT2D eigenvalue weighted by Gasteiger charge is 2.31. The number of rotatable bonds is 5. The number of aromatic nitrogens is 3. The van der Waals surface area contributed by atoms with Crippen LogP contribution < -0.4 is 0 Å². The van der Waals surface area contributed by atoms with E-state index in [4.69, 9.17) is 4.74 Å². The third kappa shape index (κ3) is 3.22. The third-order valence-corrected chi connectivity index (χ3v) is 3.15. The molecule has 0 aliphatic heterocycles. The second-order valence-corrected chi connectivity index (χ2v) is 4.93. The first kappa shape index (κ1) is 15.1. The molecule has 1 aromatic heterocycles. The lowest BCUT2D eigenvalue weighted by Crippen LogP contribution is -2.35. The van der Waals surface area contributed by atoms with Crippen LogP contribution in [0.15, 0.2) is 36.9 Å². The maximum absolute atomic E-state index is 13.8. The van der Waals surface area contributed by atoms with Gasteiger partial charge in [0.1, 0.15) is 29.8 Å². The molecule has 0 unspecified atom stereocenters. The number of ether oxygens (including phenoxy) is 1. The summed E-state index contributed by atoms with van der Waals surface area (Å²) < 4.78 is 20.3. The summed E-state index contributed by atoms with van der Waals surface area (Å²) in [5.41, 5.74) is -0.573. The standard InChI is InChI=1S/C15H16FN3O2/c1-15(2,21-3)14(20)13(19-10-17-9-18-19)8-11-6-4-5-7-12(11)16/h4-10H,1-3H3. The van der Waals surface area contributed by atoms with Crippen molar-refractivity contribution in [2.45, 2.75) is 19.4 Å². The monoisotopic (exact) mass is 289 g/mol. The number of carbonyl (C=O) groups is 1. The maximum Gasteiger partial charge on any atom is 0.212 e. The van der Waals surface area contributed by atoms with Crippen molar-refractivity contribution in [3.8, 4) is 0 Å². The van der Waals surface area contributed by atoms with Crippen molar-refractivity contribution in [3.05, 3.63) is 48.3 Å². The summed E-state index contributed by atoms with van der Waals surface area (Å²) in [6.45, 7) is 3.28. The van der Waals surface area contributed by atoms with Crippen molar-refractivity contribution in [1.82, 2.24) is 14.8 Å². The van der Waals surface area contributed by atoms with Crippen LogP contribution in [0.25, 0.3) is 11.8 Å². The lowest BCUT2D eigenvalue weighted by atomic mass is 9.99. The van der Waals surface area contributed by atoms with Crippen LogP contribution in [-0.4, -0.2) is 33.3 Å². The van der Waals surface area contributed by atoms with Gasteiger partial charge in [-0.15, -0.1) is 0 Å². The lowest BCUT2D eigenvalue weighted by molar-refractivity contribution is -0.131. The largest absolute Gasteiger partial charge is 0.371 e. The van der Waals surface area contributed by atoms with Crippen LogP contribution in [0.4, 0.5) is 4.39 Å². The van der Waals surface area contributed by atoms with Crippen LogP contribution in [0.2, 0.25) is 0 Å². The minimum absolute atomic E-state index is 0.185. The first-order valence-corrected chi connectivity index (χ1v) is 6.37. The van der Waals surface area contributed by atoms with Gasteiger partial charge >= 0.3 is 0 Å². The fourth-order valence-electron chi connectivity index (χ4n) is 1.71. The van der Waals surface area contributed by atoms with Gasteiger partial charge in [0, 0.05) is 12.7 Å². The highest BCUT2D eigenvalue weighted by Crippen LogP contribution is 2.21. The van der Waals surface area contributed by atoms with E-state index in [1.165, 1.54) is 36.6 Å². The van der Waals surface area contributed by atoms with Gasteiger partial charge in [0.2, 0.25) is 5.78 Å². The van der Waals surface area contributed by atoms with Crippen molar-refractivity contribution in [2.75, 3.05) is 7.11 Å². The van der Waals surface area contributed by atoms with Gasteiger partial charge in [-0.1, -0.05) is 18.2 Å². The summed E-state index contributed by atoms with van der Waals surface area (Å²) in [4.78, 5) is 16.4. The Bertz CT molecular complexity index is 663. The Labute approximate surface area is 122 Å². The van der Waals surface area contributed by atoms with Gasteiger partial charge in [-0.25, -0.2) is 14.1 Å². The van der Waals surface area contributed by atoms with E-state index in [-0.39, 0.29) is 11.5 Å². The van der Waals surface area contributed by atoms with E-state index < -0.39 is 11.4 Å². The first-order chi connectivity index (χ1) is 9.95. The van der Waals surface area contributed by atoms with Gasteiger partial charge in [0.05, 0.1) is 0 Å². The highest BCUT2D eigenvalue weighted by molar-refractivity contribution is 6.23. The van der Waals surface area contributed by atoms with Gasteiger partial charge in [-0.2, -0.15) is 5.10 Å². The Hall–Kier alpha value is -2.34. The van der Waals surface area contributed by atoms with Crippen LogP contribution in [0.3, 0.4) is 0 Å². The predicted molar refractivity (Wildman–Crippen MR) is 76.7 cm³/mol. The minimum Gasteiger partial charge on any atom is -0.371 e. The molecule has 0 amide bonds. The van der Waals surface area contributed by atoms with Crippen molar-refractivity contribution in [2.24, 2.45) is 0 Å². The van der Waals surface area contributed by atoms with Crippen molar-refractivity contribution in [1.29, 1.82) is 0 Å². The topological polar surface area (TPSA) is 57.0 Å². The Kier molecular flexibility index (Phi) is 4.28. The van der Waals surface area contributed by atoms with E-state index in [1.807, 2.05) is 0 Å². The van der Waals surface area contributed by atoms with Crippen LogP contribution >= 0.6 is 0 Å². The Morgan fingerprint density at radius 3 is 2.67 bits per heavy atom. The number of hydrogen-bond donors (Lipinski definition) is 0. The Balaban J connectivity index is 2.53. The van der Waals surface area contributed by atoms with Crippen molar-refractivity contribution >= 4 is 17.6 Å². The zero-order valence-corrected chi connectivity index (χ0v) is 12.1. The number of nitrogens with zero attached hydrogens (tertiary/aromatic N) is 3. The molecule has 0 fully saturated rings. The molecule has 0 aliphatic rings. The molecule has 21 heavy (non-hydrogen) atoms. The molecule has 5 nitrogen and oxygen atoms in total. The number of Topliss-reactive ketones (excluding diaryl/α,β-unsaturated/α-hetero) is 1. The molecule has 0 saturated heterocycles.